The van der Waals surface area contributed by atoms with E-state index in [9.17, 15) is 41.0 Å². The van der Waals surface area contributed by atoms with E-state index in [1.807, 2.05) is 5.32 Å². The Morgan fingerprint density at radius 3 is 2.47 bits per heavy atom. The molecule has 12 heteroatoms. The number of rotatable bonds is 7. The molecule has 1 unspecified atom stereocenters. The zero-order chi connectivity index (χ0) is 25.5. The second-order valence-corrected chi connectivity index (χ2v) is 8.34. The lowest BCUT2D eigenvalue weighted by Crippen LogP contribution is -2.57. The van der Waals surface area contributed by atoms with Gasteiger partial charge in [-0.1, -0.05) is 13.8 Å². The Morgan fingerprint density at radius 1 is 1.18 bits per heavy atom. The molecule has 0 spiro atoms. The topological polar surface area (TPSA) is 84.9 Å². The summed E-state index contributed by atoms with van der Waals surface area (Å²) in [6, 6.07) is 5.93. The van der Waals surface area contributed by atoms with Gasteiger partial charge in [0.2, 0.25) is 5.60 Å². The normalized spacial score (nSPS) is 15.5. The van der Waals surface area contributed by atoms with Crippen molar-refractivity contribution in [2.75, 3.05) is 5.32 Å². The van der Waals surface area contributed by atoms with Gasteiger partial charge in [0.1, 0.15) is 18.2 Å². The van der Waals surface area contributed by atoms with Crippen LogP contribution in [0.5, 0.6) is 5.75 Å². The lowest BCUT2D eigenvalue weighted by Gasteiger charge is -2.37. The highest BCUT2D eigenvalue weighted by molar-refractivity contribution is 5.99. The summed E-state index contributed by atoms with van der Waals surface area (Å²) in [5, 5.41) is 12.5. The Labute approximate surface area is 189 Å². The van der Waals surface area contributed by atoms with Gasteiger partial charge in [0.15, 0.2) is 0 Å². The molecule has 184 valence electrons. The molecule has 0 bridgehead atoms. The van der Waals surface area contributed by atoms with Gasteiger partial charge in [0.25, 0.3) is 5.91 Å². The molecule has 34 heavy (non-hydrogen) atoms. The molecule has 0 saturated carbocycles. The summed E-state index contributed by atoms with van der Waals surface area (Å²) >= 11 is 0. The molecule has 6 nitrogen and oxygen atoms in total. The Bertz CT molecular complexity index is 1120. The molecule has 1 aliphatic heterocycles. The second kappa shape index (κ2) is 8.82. The van der Waals surface area contributed by atoms with Crippen molar-refractivity contribution in [3.63, 3.8) is 0 Å². The number of anilines is 1. The Balaban J connectivity index is 1.94. The lowest BCUT2D eigenvalue weighted by atomic mass is 9.74. The second-order valence-electron chi connectivity index (χ2n) is 8.34. The van der Waals surface area contributed by atoms with E-state index in [0.29, 0.717) is 11.6 Å². The van der Waals surface area contributed by atoms with E-state index >= 15 is 0 Å². The summed E-state index contributed by atoms with van der Waals surface area (Å²) in [6.45, 7) is -1.26. The molecule has 0 fully saturated rings. The molecule has 3 rings (SSSR count). The number of fused-ring (bicyclic) bond motifs is 1. The monoisotopic (exact) mass is 491 g/mol. The van der Waals surface area contributed by atoms with Crippen LogP contribution in [-0.4, -0.2) is 35.4 Å². The first-order valence-electron chi connectivity index (χ1n) is 9.79. The number of cyclic esters (lactones) is 1. The number of carbonyl (C=O) groups excluding carboxylic acids is 2. The van der Waals surface area contributed by atoms with E-state index < -0.39 is 59.2 Å². The van der Waals surface area contributed by atoms with Crippen molar-refractivity contribution >= 4 is 17.6 Å². The highest BCUT2D eigenvalue weighted by Gasteiger charge is 2.61. The van der Waals surface area contributed by atoms with Crippen LogP contribution >= 0.6 is 0 Å². The fourth-order valence-electron chi connectivity index (χ4n) is 3.72. The predicted octanol–water partition coefficient (Wildman–Crippen LogP) is 4.70. The van der Waals surface area contributed by atoms with E-state index in [-0.39, 0.29) is 17.9 Å². The minimum Gasteiger partial charge on any atom is -0.457 e. The lowest BCUT2D eigenvalue weighted by molar-refractivity contribution is -0.254. The maximum absolute atomic E-state index is 14.0. The highest BCUT2D eigenvalue weighted by atomic mass is 19.4. The maximum atomic E-state index is 14.0. The standard InChI is InChI=1S/C22H19F6NO5/c1-20(2,15-8-12(23)3-6-16(15)34-19(24)25)10-21(32,22(26,27)28)18(31)29-13-4-5-14-11(7-13)9-33-17(14)30/h3-8,19,32H,9-10H2,1-2H3,(H,29,31). The third-order valence-electron chi connectivity index (χ3n) is 5.37. The smallest absolute Gasteiger partial charge is 0.426 e. The van der Waals surface area contributed by atoms with Crippen molar-refractivity contribution in [2.24, 2.45) is 0 Å². The first kappa shape index (κ1) is 25.3. The SMILES string of the molecule is CC(C)(CC(O)(C(=O)Nc1ccc2c(c1)COC2=O)C(F)(F)F)c1cc(F)ccc1OC(F)F. The fourth-order valence-corrected chi connectivity index (χ4v) is 3.72. The number of hydrogen-bond donors (Lipinski definition) is 2. The van der Waals surface area contributed by atoms with Crippen molar-refractivity contribution in [2.45, 2.75) is 50.7 Å². The molecular weight excluding hydrogens is 472 g/mol. The van der Waals surface area contributed by atoms with Crippen LogP contribution < -0.4 is 10.1 Å². The molecule has 0 aromatic heterocycles. The van der Waals surface area contributed by atoms with E-state index in [1.54, 1.807) is 0 Å². The van der Waals surface area contributed by atoms with Crippen molar-refractivity contribution in [3.05, 3.63) is 58.9 Å². The fraction of sp³-hybridized carbons (Fsp3) is 0.364. The number of carbonyl (C=O) groups is 2. The Hall–Kier alpha value is -3.28. The van der Waals surface area contributed by atoms with Crippen LogP contribution in [0.1, 0.15) is 41.8 Å². The third kappa shape index (κ3) is 4.96. The number of nitrogens with one attached hydrogen (secondary N) is 1. The Morgan fingerprint density at radius 2 is 1.85 bits per heavy atom. The summed E-state index contributed by atoms with van der Waals surface area (Å²) in [5.74, 6) is -4.03. The van der Waals surface area contributed by atoms with Gasteiger partial charge in [-0.2, -0.15) is 22.0 Å². The summed E-state index contributed by atoms with van der Waals surface area (Å²) in [4.78, 5) is 24.2. The number of aliphatic hydroxyl groups is 1. The number of alkyl halides is 5. The van der Waals surface area contributed by atoms with Gasteiger partial charge >= 0.3 is 18.8 Å². The minimum atomic E-state index is -5.50. The van der Waals surface area contributed by atoms with Crippen molar-refractivity contribution in [3.8, 4) is 5.75 Å². The average molecular weight is 491 g/mol. The van der Waals surface area contributed by atoms with Gasteiger partial charge in [0.05, 0.1) is 5.56 Å². The maximum Gasteiger partial charge on any atom is 0.426 e. The molecule has 1 atom stereocenters. The minimum absolute atomic E-state index is 0.138. The number of benzene rings is 2. The number of halogens is 6. The molecule has 2 aromatic carbocycles. The van der Waals surface area contributed by atoms with Crippen LogP contribution in [0.4, 0.5) is 32.0 Å². The van der Waals surface area contributed by atoms with Gasteiger partial charge in [-0.25, -0.2) is 9.18 Å². The molecule has 2 N–H and O–H groups in total. The summed E-state index contributed by atoms with van der Waals surface area (Å²) < 4.78 is 90.3. The Kier molecular flexibility index (Phi) is 6.57. The molecule has 1 amide bonds. The summed E-state index contributed by atoms with van der Waals surface area (Å²) in [7, 11) is 0. The van der Waals surface area contributed by atoms with Crippen molar-refractivity contribution < 1.29 is 50.5 Å². The largest absolute Gasteiger partial charge is 0.457 e. The highest BCUT2D eigenvalue weighted by Crippen LogP contribution is 2.44. The van der Waals surface area contributed by atoms with Crippen LogP contribution in [0, 0.1) is 5.82 Å². The van der Waals surface area contributed by atoms with Crippen LogP contribution in [0.2, 0.25) is 0 Å². The first-order chi connectivity index (χ1) is 15.6. The van der Waals surface area contributed by atoms with Gasteiger partial charge in [-0.05, 0) is 41.8 Å². The number of ether oxygens (including phenoxy) is 2. The third-order valence-corrected chi connectivity index (χ3v) is 5.37. The van der Waals surface area contributed by atoms with Crippen molar-refractivity contribution in [1.82, 2.24) is 0 Å². The summed E-state index contributed by atoms with van der Waals surface area (Å²) in [5.41, 5.74) is -5.91. The van der Waals surface area contributed by atoms with Crippen LogP contribution in [0.3, 0.4) is 0 Å². The van der Waals surface area contributed by atoms with Gasteiger partial charge in [-0.3, -0.25) is 4.79 Å². The molecular formula is C22H19F6NO5. The van der Waals surface area contributed by atoms with Crippen LogP contribution in [0.15, 0.2) is 36.4 Å². The molecule has 0 aliphatic carbocycles. The summed E-state index contributed by atoms with van der Waals surface area (Å²) in [6.07, 6.45) is -6.86. The van der Waals surface area contributed by atoms with E-state index in [4.69, 9.17) is 4.74 Å². The average Bonchev–Trinajstić information content (AvgIpc) is 3.08. The quantitative estimate of drug-likeness (QED) is 0.434. The zero-order valence-electron chi connectivity index (χ0n) is 17.8. The number of hydrogen-bond acceptors (Lipinski definition) is 5. The van der Waals surface area contributed by atoms with Gasteiger partial charge in [-0.15, -0.1) is 0 Å². The van der Waals surface area contributed by atoms with E-state index in [2.05, 4.69) is 4.74 Å². The molecule has 0 saturated heterocycles. The van der Waals surface area contributed by atoms with Gasteiger partial charge in [0, 0.05) is 23.2 Å². The molecule has 2 aromatic rings. The molecule has 1 heterocycles. The van der Waals surface area contributed by atoms with Crippen molar-refractivity contribution in [1.29, 1.82) is 0 Å². The number of amides is 1. The predicted molar refractivity (Wildman–Crippen MR) is 106 cm³/mol. The number of esters is 1. The zero-order valence-corrected chi connectivity index (χ0v) is 17.8. The van der Waals surface area contributed by atoms with E-state index in [0.717, 1.165) is 32.0 Å². The van der Waals surface area contributed by atoms with Gasteiger partial charge < -0.3 is 19.9 Å². The first-order valence-corrected chi connectivity index (χ1v) is 9.79. The van der Waals surface area contributed by atoms with Crippen LogP contribution in [0.25, 0.3) is 0 Å². The molecule has 0 radical (unpaired) electrons. The molecule has 1 aliphatic rings. The van der Waals surface area contributed by atoms with E-state index in [1.165, 1.54) is 12.1 Å². The van der Waals surface area contributed by atoms with Crippen LogP contribution in [-0.2, 0) is 21.6 Å².